The van der Waals surface area contributed by atoms with Gasteiger partial charge in [0.05, 0.1) is 10.2 Å². The van der Waals surface area contributed by atoms with Gasteiger partial charge in [-0.25, -0.2) is 9.97 Å². The Balaban J connectivity index is 1.97. The van der Waals surface area contributed by atoms with E-state index >= 15 is 0 Å². The number of benzene rings is 1. The van der Waals surface area contributed by atoms with Gasteiger partial charge in [-0.1, -0.05) is 29.8 Å². The summed E-state index contributed by atoms with van der Waals surface area (Å²) in [7, 11) is 0. The van der Waals surface area contributed by atoms with Crippen molar-refractivity contribution in [3.05, 3.63) is 46.3 Å². The lowest BCUT2D eigenvalue weighted by molar-refractivity contribution is 0.755. The van der Waals surface area contributed by atoms with E-state index in [1.54, 1.807) is 4.68 Å². The van der Waals surface area contributed by atoms with Crippen LogP contribution < -0.4 is 0 Å². The maximum atomic E-state index is 5.94. The predicted molar refractivity (Wildman–Crippen MR) is 78.0 cm³/mol. The first kappa shape index (κ1) is 13.5. The molecule has 0 aliphatic heterocycles. The van der Waals surface area contributed by atoms with Gasteiger partial charge in [0.1, 0.15) is 16.5 Å². The second kappa shape index (κ2) is 5.86. The molecule has 2 heterocycles. The molecule has 0 spiro atoms. The first-order valence-electron chi connectivity index (χ1n) is 5.43. The zero-order chi connectivity index (χ0) is 13.9. The van der Waals surface area contributed by atoms with Crippen molar-refractivity contribution < 1.29 is 0 Å². The SMILES string of the molecule is Clc1ncnc(Sc2nnnn2-c2ccccc2)c1Br. The Kier molecular flexibility index (Phi) is 3.95. The molecule has 0 fully saturated rings. The number of nitrogens with zero attached hydrogens (tertiary/aromatic N) is 6. The summed E-state index contributed by atoms with van der Waals surface area (Å²) >= 11 is 10.6. The molecule has 1 aromatic carbocycles. The summed E-state index contributed by atoms with van der Waals surface area (Å²) in [6.07, 6.45) is 1.39. The topological polar surface area (TPSA) is 69.4 Å². The van der Waals surface area contributed by atoms with E-state index in [9.17, 15) is 0 Å². The Labute approximate surface area is 131 Å². The molecule has 0 bridgehead atoms. The zero-order valence-electron chi connectivity index (χ0n) is 9.81. The number of aromatic nitrogens is 6. The molecule has 3 aromatic rings. The van der Waals surface area contributed by atoms with Gasteiger partial charge in [-0.3, -0.25) is 0 Å². The molecule has 0 aliphatic rings. The third kappa shape index (κ3) is 2.67. The number of tetrazole rings is 1. The van der Waals surface area contributed by atoms with E-state index < -0.39 is 0 Å². The molecule has 0 saturated heterocycles. The third-order valence-electron chi connectivity index (χ3n) is 2.34. The summed E-state index contributed by atoms with van der Waals surface area (Å²) in [5, 5.41) is 13.3. The lowest BCUT2D eigenvalue weighted by atomic mass is 10.3. The number of hydrogen-bond donors (Lipinski definition) is 0. The fourth-order valence-electron chi connectivity index (χ4n) is 1.46. The summed E-state index contributed by atoms with van der Waals surface area (Å²) in [5.74, 6) is 0. The fourth-order valence-corrected chi connectivity index (χ4v) is 2.87. The van der Waals surface area contributed by atoms with Crippen LogP contribution in [-0.2, 0) is 0 Å². The highest BCUT2D eigenvalue weighted by Gasteiger charge is 2.14. The predicted octanol–water partition coefficient (Wildman–Crippen LogP) is 3.02. The zero-order valence-corrected chi connectivity index (χ0v) is 13.0. The molecule has 6 nitrogen and oxygen atoms in total. The molecular weight excluding hydrogens is 364 g/mol. The summed E-state index contributed by atoms with van der Waals surface area (Å²) in [6.45, 7) is 0. The van der Waals surface area contributed by atoms with Crippen molar-refractivity contribution >= 4 is 39.3 Å². The Morgan fingerprint density at radius 2 is 1.95 bits per heavy atom. The molecule has 100 valence electrons. The summed E-state index contributed by atoms with van der Waals surface area (Å²) in [4.78, 5) is 8.05. The average Bonchev–Trinajstić information content (AvgIpc) is 2.93. The highest BCUT2D eigenvalue weighted by molar-refractivity contribution is 9.10. The number of para-hydroxylation sites is 1. The Bertz CT molecular complexity index is 735. The molecule has 20 heavy (non-hydrogen) atoms. The Hall–Kier alpha value is -1.51. The monoisotopic (exact) mass is 368 g/mol. The van der Waals surface area contributed by atoms with Crippen LogP contribution in [0.5, 0.6) is 0 Å². The van der Waals surface area contributed by atoms with Crippen LogP contribution in [-0.4, -0.2) is 30.2 Å². The van der Waals surface area contributed by atoms with Crippen molar-refractivity contribution in [3.8, 4) is 5.69 Å². The smallest absolute Gasteiger partial charge is 0.220 e. The van der Waals surface area contributed by atoms with Gasteiger partial charge in [-0.15, -0.1) is 5.10 Å². The van der Waals surface area contributed by atoms with Gasteiger partial charge in [-0.05, 0) is 50.3 Å². The molecule has 0 unspecified atom stereocenters. The normalized spacial score (nSPS) is 10.7. The van der Waals surface area contributed by atoms with Crippen LogP contribution in [0.15, 0.2) is 51.3 Å². The molecule has 0 radical (unpaired) electrons. The number of halogens is 2. The van der Waals surface area contributed by atoms with Gasteiger partial charge < -0.3 is 0 Å². The molecule has 2 aromatic heterocycles. The van der Waals surface area contributed by atoms with E-state index in [1.165, 1.54) is 18.1 Å². The van der Waals surface area contributed by atoms with Gasteiger partial charge in [0.15, 0.2) is 0 Å². The quantitative estimate of drug-likeness (QED) is 0.661. The highest BCUT2D eigenvalue weighted by atomic mass is 79.9. The highest BCUT2D eigenvalue weighted by Crippen LogP contribution is 2.33. The van der Waals surface area contributed by atoms with Crippen LogP contribution in [0, 0.1) is 0 Å². The van der Waals surface area contributed by atoms with E-state index in [-0.39, 0.29) is 0 Å². The standard InChI is InChI=1S/C11H6BrClN6S/c12-8-9(13)14-6-15-10(8)20-11-16-17-18-19(11)7-4-2-1-3-5-7/h1-6H. The third-order valence-corrected chi connectivity index (χ3v) is 4.81. The lowest BCUT2D eigenvalue weighted by Crippen LogP contribution is -1.99. The molecule has 0 saturated carbocycles. The molecule has 0 amide bonds. The molecule has 0 N–H and O–H groups in total. The molecule has 3 rings (SSSR count). The minimum Gasteiger partial charge on any atom is -0.228 e. The van der Waals surface area contributed by atoms with Crippen molar-refractivity contribution in [1.82, 2.24) is 30.2 Å². The van der Waals surface area contributed by atoms with Gasteiger partial charge in [0.25, 0.3) is 0 Å². The van der Waals surface area contributed by atoms with Crippen LogP contribution in [0.1, 0.15) is 0 Å². The van der Waals surface area contributed by atoms with Gasteiger partial charge in [-0.2, -0.15) is 4.68 Å². The average molecular weight is 370 g/mol. The van der Waals surface area contributed by atoms with Crippen molar-refractivity contribution in [2.24, 2.45) is 0 Å². The minimum absolute atomic E-state index is 0.348. The maximum Gasteiger partial charge on any atom is 0.220 e. The maximum absolute atomic E-state index is 5.94. The summed E-state index contributed by atoms with van der Waals surface area (Å²) in [5.41, 5.74) is 0.872. The minimum atomic E-state index is 0.348. The van der Waals surface area contributed by atoms with Crippen LogP contribution in [0.25, 0.3) is 5.69 Å². The van der Waals surface area contributed by atoms with Crippen LogP contribution in [0.4, 0.5) is 0 Å². The molecular formula is C11H6BrClN6S. The second-order valence-corrected chi connectivity index (χ2v) is 5.70. The number of rotatable bonds is 3. The van der Waals surface area contributed by atoms with E-state index in [4.69, 9.17) is 11.6 Å². The first-order chi connectivity index (χ1) is 9.75. The van der Waals surface area contributed by atoms with Crippen LogP contribution in [0.2, 0.25) is 5.15 Å². The Morgan fingerprint density at radius 1 is 1.15 bits per heavy atom. The van der Waals surface area contributed by atoms with E-state index in [0.29, 0.717) is 19.8 Å². The second-order valence-electron chi connectivity index (χ2n) is 3.59. The molecule has 9 heteroatoms. The van der Waals surface area contributed by atoms with Crippen molar-refractivity contribution in [1.29, 1.82) is 0 Å². The van der Waals surface area contributed by atoms with Gasteiger partial charge in [0.2, 0.25) is 5.16 Å². The van der Waals surface area contributed by atoms with Crippen LogP contribution in [0.3, 0.4) is 0 Å². The van der Waals surface area contributed by atoms with Crippen LogP contribution >= 0.6 is 39.3 Å². The summed E-state index contributed by atoms with van der Waals surface area (Å²) in [6, 6.07) is 9.61. The van der Waals surface area contributed by atoms with Crippen molar-refractivity contribution in [2.45, 2.75) is 10.2 Å². The van der Waals surface area contributed by atoms with E-state index in [1.807, 2.05) is 30.3 Å². The fraction of sp³-hybridized carbons (Fsp3) is 0. The molecule has 0 aliphatic carbocycles. The first-order valence-corrected chi connectivity index (χ1v) is 7.42. The molecule has 0 atom stereocenters. The van der Waals surface area contributed by atoms with Gasteiger partial charge in [0, 0.05) is 0 Å². The Morgan fingerprint density at radius 3 is 2.75 bits per heavy atom. The largest absolute Gasteiger partial charge is 0.228 e. The van der Waals surface area contributed by atoms with Crippen molar-refractivity contribution in [3.63, 3.8) is 0 Å². The van der Waals surface area contributed by atoms with Crippen molar-refractivity contribution in [2.75, 3.05) is 0 Å². The van der Waals surface area contributed by atoms with E-state index in [2.05, 4.69) is 41.4 Å². The van der Waals surface area contributed by atoms with E-state index in [0.717, 1.165) is 5.69 Å². The number of hydrogen-bond acceptors (Lipinski definition) is 6. The van der Waals surface area contributed by atoms with Gasteiger partial charge >= 0.3 is 0 Å². The lowest BCUT2D eigenvalue weighted by Gasteiger charge is -2.04. The summed E-state index contributed by atoms with van der Waals surface area (Å²) < 4.78 is 2.25.